The van der Waals surface area contributed by atoms with Crippen LogP contribution in [-0.2, 0) is 52.7 Å². The van der Waals surface area contributed by atoms with E-state index in [-0.39, 0.29) is 33.6 Å². The summed E-state index contributed by atoms with van der Waals surface area (Å²) in [7, 11) is 0. The normalized spacial score (nSPS) is 3.43. The second-order valence-electron chi connectivity index (χ2n) is 0.385. The molecule has 0 spiro atoms. The number of hydrogen-bond donors (Lipinski definition) is 0. The SMILES string of the molecule is O=C[O-].O=C[O-].O=C[O-].O=C[O-].[Cu+2].[Ni+2]. The Kier molecular flexibility index (Phi) is 462. The molecule has 1 radical (unpaired) electrons. The Balaban J connectivity index is -0.0000000145. The van der Waals surface area contributed by atoms with Crippen molar-refractivity contribution in [1.82, 2.24) is 0 Å². The quantitative estimate of drug-likeness (QED) is 0.315. The van der Waals surface area contributed by atoms with Gasteiger partial charge in [-0.2, -0.15) is 0 Å². The van der Waals surface area contributed by atoms with Gasteiger partial charge < -0.3 is 39.6 Å². The van der Waals surface area contributed by atoms with Crippen LogP contribution in [0.2, 0.25) is 0 Å². The summed E-state index contributed by atoms with van der Waals surface area (Å²) in [6.45, 7) is -2.00. The molecule has 0 rings (SSSR count). The van der Waals surface area contributed by atoms with E-state index in [9.17, 15) is 0 Å². The second-order valence-corrected chi connectivity index (χ2v) is 0.385. The number of hydrogen-bond acceptors (Lipinski definition) is 8. The predicted octanol–water partition coefficient (Wildman–Crippen LogP) is -6.54. The number of carboxylic acid groups (broad SMARTS) is 4. The topological polar surface area (TPSA) is 161 Å². The van der Waals surface area contributed by atoms with Crippen molar-refractivity contribution in [3.05, 3.63) is 0 Å². The minimum Gasteiger partial charge on any atom is -0.554 e. The first-order valence-electron chi connectivity index (χ1n) is 1.89. The molecule has 0 aromatic rings. The van der Waals surface area contributed by atoms with Crippen molar-refractivity contribution in [2.24, 2.45) is 0 Å². The first-order chi connectivity index (χ1) is 5.66. The van der Waals surface area contributed by atoms with Crippen LogP contribution in [0.5, 0.6) is 0 Å². The Morgan fingerprint density at radius 2 is 0.571 bits per heavy atom. The van der Waals surface area contributed by atoms with Gasteiger partial charge in [0, 0.05) is 25.9 Å². The van der Waals surface area contributed by atoms with Gasteiger partial charge in [-0.1, -0.05) is 0 Å². The van der Waals surface area contributed by atoms with E-state index in [0.29, 0.717) is 0 Å². The predicted molar refractivity (Wildman–Crippen MR) is 24.3 cm³/mol. The van der Waals surface area contributed by atoms with Crippen LogP contribution in [0.1, 0.15) is 0 Å². The molecular weight excluding hydrogens is 298 g/mol. The molecule has 0 aromatic carbocycles. The molecule has 14 heavy (non-hydrogen) atoms. The minimum atomic E-state index is -0.500. The fourth-order valence-corrected chi connectivity index (χ4v) is 0. The summed E-state index contributed by atoms with van der Waals surface area (Å²) in [5, 5.41) is 33.0. The Bertz CT molecular complexity index is 75.3. The summed E-state index contributed by atoms with van der Waals surface area (Å²) in [5.41, 5.74) is 0. The zero-order valence-electron chi connectivity index (χ0n) is 6.19. The molecule has 0 unspecified atom stereocenters. The van der Waals surface area contributed by atoms with E-state index < -0.39 is 25.9 Å². The van der Waals surface area contributed by atoms with E-state index in [4.69, 9.17) is 39.6 Å². The summed E-state index contributed by atoms with van der Waals surface area (Å²) in [6, 6.07) is 0. The van der Waals surface area contributed by atoms with E-state index in [1.54, 1.807) is 0 Å². The molecule has 0 aliphatic rings. The van der Waals surface area contributed by atoms with Gasteiger partial charge in [-0.15, -0.1) is 0 Å². The molecule has 0 aliphatic heterocycles. The first-order valence-corrected chi connectivity index (χ1v) is 1.89. The molecule has 0 N–H and O–H groups in total. The third-order valence-electron chi connectivity index (χ3n) is 0. The van der Waals surface area contributed by atoms with Crippen molar-refractivity contribution in [3.63, 3.8) is 0 Å². The van der Waals surface area contributed by atoms with Crippen molar-refractivity contribution in [1.29, 1.82) is 0 Å². The van der Waals surface area contributed by atoms with Crippen molar-refractivity contribution in [2.75, 3.05) is 0 Å². The third kappa shape index (κ3) is 870. The van der Waals surface area contributed by atoms with Crippen LogP contribution < -0.4 is 20.4 Å². The van der Waals surface area contributed by atoms with E-state index in [0.717, 1.165) is 0 Å². The molecule has 0 bridgehead atoms. The number of carbonyl (C=O) groups excluding carboxylic acids is 4. The van der Waals surface area contributed by atoms with E-state index in [2.05, 4.69) is 0 Å². The monoisotopic (exact) mass is 301 g/mol. The van der Waals surface area contributed by atoms with Crippen LogP contribution in [0, 0.1) is 0 Å². The molecular formula is C4H4CuNiO8. The van der Waals surface area contributed by atoms with Crippen LogP contribution in [0.25, 0.3) is 0 Å². The fraction of sp³-hybridized carbons (Fsp3) is 0. The second kappa shape index (κ2) is 169. The van der Waals surface area contributed by atoms with Crippen LogP contribution in [0.4, 0.5) is 0 Å². The molecule has 89 valence electrons. The van der Waals surface area contributed by atoms with Gasteiger partial charge in [-0.05, 0) is 0 Å². The van der Waals surface area contributed by atoms with Crippen LogP contribution in [0.3, 0.4) is 0 Å². The molecule has 0 saturated carbocycles. The average Bonchev–Trinajstić information content (AvgIpc) is 1.92. The maximum Gasteiger partial charge on any atom is 2.00 e. The standard InChI is InChI=1S/4CH2O2.Cu.Ni/c4*2-1-3;;/h4*1H,(H,2,3);;/q;;;;2*+2/p-4. The molecule has 0 aliphatic carbocycles. The Hall–Kier alpha value is -1.11. The van der Waals surface area contributed by atoms with Gasteiger partial charge in [0.25, 0.3) is 0 Å². The van der Waals surface area contributed by atoms with E-state index >= 15 is 0 Å². The van der Waals surface area contributed by atoms with Gasteiger partial charge in [0.2, 0.25) is 0 Å². The number of carbonyl (C=O) groups is 4. The molecule has 10 heteroatoms. The van der Waals surface area contributed by atoms with Gasteiger partial charge in [-0.25, -0.2) is 0 Å². The Morgan fingerprint density at radius 3 is 0.571 bits per heavy atom. The van der Waals surface area contributed by atoms with Crippen molar-refractivity contribution >= 4 is 25.9 Å². The van der Waals surface area contributed by atoms with Gasteiger partial charge >= 0.3 is 33.6 Å². The van der Waals surface area contributed by atoms with Crippen molar-refractivity contribution in [3.8, 4) is 0 Å². The number of rotatable bonds is 0. The van der Waals surface area contributed by atoms with Gasteiger partial charge in [-0.3, -0.25) is 0 Å². The molecule has 0 fully saturated rings. The molecule has 0 saturated heterocycles. The van der Waals surface area contributed by atoms with E-state index in [1.165, 1.54) is 0 Å². The average molecular weight is 302 g/mol. The first kappa shape index (κ1) is 38.4. The molecule has 0 aromatic heterocycles. The zero-order chi connectivity index (χ0) is 10.8. The summed E-state index contributed by atoms with van der Waals surface area (Å²) in [4.78, 5) is 33.0. The summed E-state index contributed by atoms with van der Waals surface area (Å²) < 4.78 is 0. The minimum absolute atomic E-state index is 0. The van der Waals surface area contributed by atoms with Gasteiger partial charge in [0.15, 0.2) is 0 Å². The van der Waals surface area contributed by atoms with Gasteiger partial charge in [0.05, 0.1) is 0 Å². The summed E-state index contributed by atoms with van der Waals surface area (Å²) in [5.74, 6) is 0. The molecule has 0 amide bonds. The maximum absolute atomic E-state index is 8.25. The fourth-order valence-electron chi connectivity index (χ4n) is 0. The van der Waals surface area contributed by atoms with Crippen molar-refractivity contribution in [2.45, 2.75) is 0 Å². The van der Waals surface area contributed by atoms with Crippen LogP contribution in [0.15, 0.2) is 0 Å². The summed E-state index contributed by atoms with van der Waals surface area (Å²) >= 11 is 0. The van der Waals surface area contributed by atoms with E-state index in [1.807, 2.05) is 0 Å². The van der Waals surface area contributed by atoms with Crippen molar-refractivity contribution < 1.29 is 73.2 Å². The summed E-state index contributed by atoms with van der Waals surface area (Å²) in [6.07, 6.45) is 0. The zero-order valence-corrected chi connectivity index (χ0v) is 8.12. The largest absolute Gasteiger partial charge is 2.00 e. The smallest absolute Gasteiger partial charge is 0.554 e. The van der Waals surface area contributed by atoms with Gasteiger partial charge in [0.1, 0.15) is 0 Å². The Labute approximate surface area is 99.3 Å². The van der Waals surface area contributed by atoms with Crippen LogP contribution in [-0.4, -0.2) is 25.9 Å². The Morgan fingerprint density at radius 1 is 0.571 bits per heavy atom. The van der Waals surface area contributed by atoms with Crippen LogP contribution >= 0.6 is 0 Å². The molecule has 8 nitrogen and oxygen atoms in total. The third-order valence-corrected chi connectivity index (χ3v) is 0. The molecule has 0 heterocycles. The molecule has 0 atom stereocenters. The maximum atomic E-state index is 8.25.